The molecule has 0 aromatic heterocycles. The van der Waals surface area contributed by atoms with Gasteiger partial charge in [-0.25, -0.2) is 9.59 Å². The molecule has 2 saturated heterocycles. The summed E-state index contributed by atoms with van der Waals surface area (Å²) in [6.45, 7) is 4.76. The van der Waals surface area contributed by atoms with Crippen LogP contribution in [0.15, 0.2) is 48.5 Å². The van der Waals surface area contributed by atoms with E-state index in [0.717, 1.165) is 11.1 Å². The molecule has 4 rings (SSSR count). The minimum absolute atomic E-state index is 0.0936. The highest BCUT2D eigenvalue weighted by molar-refractivity contribution is 5.84. The molecule has 2 aliphatic heterocycles. The number of benzene rings is 2. The Morgan fingerprint density at radius 3 is 2.32 bits per heavy atom. The average Bonchev–Trinajstić information content (AvgIpc) is 2.88. The van der Waals surface area contributed by atoms with Crippen LogP contribution in [-0.2, 0) is 9.47 Å². The molecule has 0 spiro atoms. The van der Waals surface area contributed by atoms with Gasteiger partial charge < -0.3 is 24.0 Å². The summed E-state index contributed by atoms with van der Waals surface area (Å²) in [5, 5.41) is 2.69. The SMILES string of the molecule is Cc1ccc(NC(=O)OCC2CC(c3ccc(OC(F)(F)F)cc3)CN(C(=O)N3CCOCC3)C2)cc1. The highest BCUT2D eigenvalue weighted by atomic mass is 19.4. The van der Waals surface area contributed by atoms with E-state index >= 15 is 0 Å². The van der Waals surface area contributed by atoms with E-state index < -0.39 is 12.5 Å². The van der Waals surface area contributed by atoms with Crippen LogP contribution in [-0.4, -0.2) is 74.3 Å². The molecular weight excluding hydrogens is 491 g/mol. The quantitative estimate of drug-likeness (QED) is 0.599. The number of rotatable bonds is 5. The lowest BCUT2D eigenvalue weighted by atomic mass is 9.85. The number of amides is 3. The number of hydrogen-bond donors (Lipinski definition) is 1. The van der Waals surface area contributed by atoms with Crippen molar-refractivity contribution < 1.29 is 37.0 Å². The predicted molar refractivity (Wildman–Crippen MR) is 129 cm³/mol. The number of hydrogen-bond acceptors (Lipinski definition) is 5. The number of carbonyl (C=O) groups is 2. The van der Waals surface area contributed by atoms with E-state index in [9.17, 15) is 22.8 Å². The second kappa shape index (κ2) is 11.7. The highest BCUT2D eigenvalue weighted by Crippen LogP contribution is 2.33. The number of carbonyl (C=O) groups excluding carboxylic acids is 2. The molecule has 0 aliphatic carbocycles. The van der Waals surface area contributed by atoms with Gasteiger partial charge in [-0.1, -0.05) is 29.8 Å². The lowest BCUT2D eigenvalue weighted by molar-refractivity contribution is -0.274. The van der Waals surface area contributed by atoms with Crippen molar-refractivity contribution in [3.05, 3.63) is 59.7 Å². The van der Waals surface area contributed by atoms with Crippen LogP contribution >= 0.6 is 0 Å². The number of urea groups is 1. The molecule has 0 saturated carbocycles. The van der Waals surface area contributed by atoms with Crippen LogP contribution in [0.2, 0.25) is 0 Å². The summed E-state index contributed by atoms with van der Waals surface area (Å²) in [6, 6.07) is 12.9. The van der Waals surface area contributed by atoms with Crippen molar-refractivity contribution in [3.63, 3.8) is 0 Å². The zero-order chi connectivity index (χ0) is 26.4. The van der Waals surface area contributed by atoms with Crippen LogP contribution in [0.3, 0.4) is 0 Å². The van der Waals surface area contributed by atoms with Crippen LogP contribution in [0.1, 0.15) is 23.5 Å². The van der Waals surface area contributed by atoms with E-state index in [0.29, 0.717) is 51.5 Å². The van der Waals surface area contributed by atoms with Crippen LogP contribution in [0, 0.1) is 12.8 Å². The third-order valence-corrected chi connectivity index (χ3v) is 6.42. The molecule has 37 heavy (non-hydrogen) atoms. The molecule has 2 unspecified atom stereocenters. The fourth-order valence-electron chi connectivity index (χ4n) is 4.60. The molecule has 11 heteroatoms. The summed E-state index contributed by atoms with van der Waals surface area (Å²) < 4.78 is 52.4. The summed E-state index contributed by atoms with van der Waals surface area (Å²) in [5.41, 5.74) is 2.46. The van der Waals surface area contributed by atoms with E-state index in [-0.39, 0.29) is 30.2 Å². The van der Waals surface area contributed by atoms with Crippen molar-refractivity contribution in [1.29, 1.82) is 0 Å². The molecule has 8 nitrogen and oxygen atoms in total. The van der Waals surface area contributed by atoms with Gasteiger partial charge in [0.25, 0.3) is 0 Å². The van der Waals surface area contributed by atoms with Crippen LogP contribution in [0.4, 0.5) is 28.4 Å². The molecule has 2 atom stereocenters. The first-order valence-corrected chi connectivity index (χ1v) is 12.1. The monoisotopic (exact) mass is 521 g/mol. The van der Waals surface area contributed by atoms with Crippen LogP contribution in [0.5, 0.6) is 5.75 Å². The largest absolute Gasteiger partial charge is 0.573 e. The molecule has 2 heterocycles. The Kier molecular flexibility index (Phi) is 8.42. The van der Waals surface area contributed by atoms with Gasteiger partial charge in [0.2, 0.25) is 0 Å². The number of morpholine rings is 1. The minimum Gasteiger partial charge on any atom is -0.449 e. The van der Waals surface area contributed by atoms with Crippen LogP contribution in [0.25, 0.3) is 0 Å². The fourth-order valence-corrected chi connectivity index (χ4v) is 4.60. The van der Waals surface area contributed by atoms with E-state index in [1.165, 1.54) is 12.1 Å². The van der Waals surface area contributed by atoms with E-state index in [1.54, 1.807) is 34.1 Å². The number of nitrogens with zero attached hydrogens (tertiary/aromatic N) is 2. The van der Waals surface area contributed by atoms with Gasteiger partial charge in [-0.2, -0.15) is 0 Å². The number of anilines is 1. The van der Waals surface area contributed by atoms with Crippen molar-refractivity contribution >= 4 is 17.8 Å². The van der Waals surface area contributed by atoms with Gasteiger partial charge in [0.1, 0.15) is 5.75 Å². The predicted octanol–water partition coefficient (Wildman–Crippen LogP) is 5.00. The number of halogens is 3. The Labute approximate surface area is 213 Å². The first-order valence-electron chi connectivity index (χ1n) is 12.1. The van der Waals surface area contributed by atoms with Crippen molar-refractivity contribution in [3.8, 4) is 5.75 Å². The smallest absolute Gasteiger partial charge is 0.449 e. The number of likely N-dealkylation sites (tertiary alicyclic amines) is 1. The zero-order valence-corrected chi connectivity index (χ0v) is 20.5. The van der Waals surface area contributed by atoms with Crippen molar-refractivity contribution in [2.45, 2.75) is 25.6 Å². The van der Waals surface area contributed by atoms with Gasteiger partial charge in [-0.05, 0) is 43.2 Å². The maximum absolute atomic E-state index is 13.2. The molecule has 2 fully saturated rings. The van der Waals surface area contributed by atoms with Gasteiger partial charge in [-0.3, -0.25) is 5.32 Å². The second-order valence-corrected chi connectivity index (χ2v) is 9.29. The van der Waals surface area contributed by atoms with Gasteiger partial charge in [0.15, 0.2) is 0 Å². The topological polar surface area (TPSA) is 80.3 Å². The molecule has 0 bridgehead atoms. The lowest BCUT2D eigenvalue weighted by Crippen LogP contribution is -2.52. The minimum atomic E-state index is -4.77. The summed E-state index contributed by atoms with van der Waals surface area (Å²) in [4.78, 5) is 29.0. The Morgan fingerprint density at radius 1 is 1.00 bits per heavy atom. The Balaban J connectivity index is 1.43. The number of alkyl halides is 3. The molecule has 3 amide bonds. The molecule has 2 aliphatic rings. The number of nitrogens with one attached hydrogen (secondary N) is 1. The standard InChI is InChI=1S/C26H30F3N3O5/c1-18-2-6-22(7-3-18)30-24(33)36-17-19-14-21(20-4-8-23(9-5-20)37-26(27,28)29)16-32(15-19)25(34)31-10-12-35-13-11-31/h2-9,19,21H,10-17H2,1H3,(H,30,33). The first kappa shape index (κ1) is 26.6. The Bertz CT molecular complexity index is 1060. The van der Waals surface area contributed by atoms with E-state index in [2.05, 4.69) is 10.1 Å². The maximum atomic E-state index is 13.2. The Hall–Kier alpha value is -3.47. The number of ether oxygens (including phenoxy) is 3. The van der Waals surface area contributed by atoms with E-state index in [4.69, 9.17) is 9.47 Å². The van der Waals surface area contributed by atoms with Gasteiger partial charge in [-0.15, -0.1) is 13.2 Å². The summed E-state index contributed by atoms with van der Waals surface area (Å²) in [5.74, 6) is -0.605. The van der Waals surface area contributed by atoms with Gasteiger partial charge in [0, 0.05) is 43.7 Å². The van der Waals surface area contributed by atoms with Crippen LogP contribution < -0.4 is 10.1 Å². The van der Waals surface area contributed by atoms with Crippen molar-refractivity contribution in [2.75, 3.05) is 51.3 Å². The fraction of sp³-hybridized carbons (Fsp3) is 0.462. The molecule has 2 aromatic carbocycles. The highest BCUT2D eigenvalue weighted by Gasteiger charge is 2.35. The molecule has 200 valence electrons. The normalized spacial score (nSPS) is 20.3. The van der Waals surface area contributed by atoms with E-state index in [1.807, 2.05) is 19.1 Å². The number of aryl methyl sites for hydroxylation is 1. The third kappa shape index (κ3) is 7.75. The summed E-state index contributed by atoms with van der Waals surface area (Å²) in [7, 11) is 0. The van der Waals surface area contributed by atoms with Crippen molar-refractivity contribution in [1.82, 2.24) is 9.80 Å². The first-order chi connectivity index (χ1) is 17.7. The summed E-state index contributed by atoms with van der Waals surface area (Å²) >= 11 is 0. The molecule has 2 aromatic rings. The Morgan fingerprint density at radius 2 is 1.68 bits per heavy atom. The molecular formula is C26H30F3N3O5. The lowest BCUT2D eigenvalue weighted by Gasteiger charge is -2.41. The molecule has 1 N–H and O–H groups in total. The van der Waals surface area contributed by atoms with Gasteiger partial charge in [0.05, 0.1) is 19.8 Å². The number of piperidine rings is 1. The molecule has 0 radical (unpaired) electrons. The maximum Gasteiger partial charge on any atom is 0.573 e. The average molecular weight is 522 g/mol. The van der Waals surface area contributed by atoms with Gasteiger partial charge >= 0.3 is 18.5 Å². The summed E-state index contributed by atoms with van der Waals surface area (Å²) in [6.07, 6.45) is -4.76. The third-order valence-electron chi connectivity index (χ3n) is 6.42. The second-order valence-electron chi connectivity index (χ2n) is 9.29. The van der Waals surface area contributed by atoms with Crippen molar-refractivity contribution in [2.24, 2.45) is 5.92 Å². The zero-order valence-electron chi connectivity index (χ0n) is 20.5.